The Balaban J connectivity index is 1.74. The Hall–Kier alpha value is -1.10. The van der Waals surface area contributed by atoms with Crippen LogP contribution < -0.4 is 5.32 Å². The van der Waals surface area contributed by atoms with Gasteiger partial charge in [-0.25, -0.2) is 0 Å². The standard InChI is InChI=1S/C14H22N2O3/c1-9(11-5-7-19-8-11)16-6-4-12(17)15-13(14(16)18)10-2-3-10/h9-11,13H,2-8H2,1H3,(H,15,17). The molecule has 3 rings (SSSR count). The van der Waals surface area contributed by atoms with Crippen LogP contribution in [-0.4, -0.2) is 48.6 Å². The number of carbonyl (C=O) groups is 2. The van der Waals surface area contributed by atoms with Crippen LogP contribution in [-0.2, 0) is 14.3 Å². The molecule has 3 atom stereocenters. The summed E-state index contributed by atoms with van der Waals surface area (Å²) in [7, 11) is 0. The van der Waals surface area contributed by atoms with E-state index in [-0.39, 0.29) is 23.9 Å². The molecule has 0 aromatic heterocycles. The van der Waals surface area contributed by atoms with Crippen LogP contribution in [0.1, 0.15) is 32.6 Å². The molecule has 19 heavy (non-hydrogen) atoms. The van der Waals surface area contributed by atoms with E-state index < -0.39 is 0 Å². The van der Waals surface area contributed by atoms with Crippen molar-refractivity contribution >= 4 is 11.8 Å². The van der Waals surface area contributed by atoms with Crippen molar-refractivity contribution in [3.63, 3.8) is 0 Å². The molecule has 2 aliphatic heterocycles. The van der Waals surface area contributed by atoms with E-state index in [0.29, 0.717) is 24.8 Å². The number of nitrogens with one attached hydrogen (secondary N) is 1. The number of rotatable bonds is 3. The molecule has 106 valence electrons. The average molecular weight is 266 g/mol. The number of hydrogen-bond acceptors (Lipinski definition) is 3. The van der Waals surface area contributed by atoms with Gasteiger partial charge in [-0.3, -0.25) is 9.59 Å². The smallest absolute Gasteiger partial charge is 0.245 e. The molecule has 0 bridgehead atoms. The van der Waals surface area contributed by atoms with Crippen molar-refractivity contribution in [1.82, 2.24) is 10.2 Å². The van der Waals surface area contributed by atoms with Crippen molar-refractivity contribution < 1.29 is 14.3 Å². The highest BCUT2D eigenvalue weighted by molar-refractivity contribution is 5.90. The van der Waals surface area contributed by atoms with E-state index in [1.807, 2.05) is 4.90 Å². The van der Waals surface area contributed by atoms with Gasteiger partial charge in [-0.1, -0.05) is 0 Å². The van der Waals surface area contributed by atoms with Crippen molar-refractivity contribution in [3.8, 4) is 0 Å². The van der Waals surface area contributed by atoms with Gasteiger partial charge < -0.3 is 15.0 Å². The zero-order valence-corrected chi connectivity index (χ0v) is 11.4. The third kappa shape index (κ3) is 2.61. The van der Waals surface area contributed by atoms with Crippen LogP contribution in [0.5, 0.6) is 0 Å². The molecule has 3 unspecified atom stereocenters. The van der Waals surface area contributed by atoms with Gasteiger partial charge in [-0.2, -0.15) is 0 Å². The highest BCUT2D eigenvalue weighted by Gasteiger charge is 2.43. The Labute approximate surface area is 113 Å². The third-order valence-electron chi connectivity index (χ3n) is 4.68. The van der Waals surface area contributed by atoms with Gasteiger partial charge in [0.15, 0.2) is 0 Å². The zero-order valence-electron chi connectivity index (χ0n) is 11.4. The number of nitrogens with zero attached hydrogens (tertiary/aromatic N) is 1. The zero-order chi connectivity index (χ0) is 13.4. The summed E-state index contributed by atoms with van der Waals surface area (Å²) in [6.45, 7) is 4.17. The van der Waals surface area contributed by atoms with Gasteiger partial charge in [0.25, 0.3) is 0 Å². The van der Waals surface area contributed by atoms with Crippen molar-refractivity contribution in [3.05, 3.63) is 0 Å². The molecule has 2 heterocycles. The molecular weight excluding hydrogens is 244 g/mol. The first-order chi connectivity index (χ1) is 9.16. The molecule has 3 fully saturated rings. The second kappa shape index (κ2) is 5.12. The Morgan fingerprint density at radius 2 is 2.11 bits per heavy atom. The summed E-state index contributed by atoms with van der Waals surface area (Å²) < 4.78 is 5.42. The van der Waals surface area contributed by atoms with Crippen LogP contribution in [0, 0.1) is 11.8 Å². The Bertz CT molecular complexity index is 375. The molecule has 5 nitrogen and oxygen atoms in total. The van der Waals surface area contributed by atoms with E-state index in [4.69, 9.17) is 4.74 Å². The van der Waals surface area contributed by atoms with E-state index in [9.17, 15) is 9.59 Å². The predicted octanol–water partition coefficient (Wildman–Crippen LogP) is 0.538. The summed E-state index contributed by atoms with van der Waals surface area (Å²) in [5.41, 5.74) is 0. The molecule has 1 aliphatic carbocycles. The topological polar surface area (TPSA) is 58.6 Å². The van der Waals surface area contributed by atoms with Gasteiger partial charge in [0.1, 0.15) is 6.04 Å². The fourth-order valence-corrected chi connectivity index (χ4v) is 3.16. The van der Waals surface area contributed by atoms with Gasteiger partial charge in [0.05, 0.1) is 6.61 Å². The molecule has 0 aromatic rings. The lowest BCUT2D eigenvalue weighted by molar-refractivity contribution is -0.136. The van der Waals surface area contributed by atoms with Crippen LogP contribution in [0.2, 0.25) is 0 Å². The summed E-state index contributed by atoms with van der Waals surface area (Å²) in [5, 5.41) is 2.90. The number of amides is 2. The molecule has 0 aromatic carbocycles. The molecule has 3 aliphatic rings. The summed E-state index contributed by atoms with van der Waals surface area (Å²) in [6, 6.07) is -0.108. The maximum absolute atomic E-state index is 12.6. The number of carbonyl (C=O) groups excluding carboxylic acids is 2. The van der Waals surface area contributed by atoms with Crippen molar-refractivity contribution in [1.29, 1.82) is 0 Å². The second-order valence-corrected chi connectivity index (χ2v) is 6.03. The van der Waals surface area contributed by atoms with Crippen LogP contribution >= 0.6 is 0 Å². The maximum atomic E-state index is 12.6. The molecule has 0 radical (unpaired) electrons. The minimum Gasteiger partial charge on any atom is -0.381 e. The molecular formula is C14H22N2O3. The Kier molecular flexibility index (Phi) is 3.48. The molecule has 2 saturated heterocycles. The minimum atomic E-state index is -0.278. The monoisotopic (exact) mass is 266 g/mol. The summed E-state index contributed by atoms with van der Waals surface area (Å²) in [4.78, 5) is 26.3. The van der Waals surface area contributed by atoms with Crippen molar-refractivity contribution in [2.75, 3.05) is 19.8 Å². The van der Waals surface area contributed by atoms with Gasteiger partial charge in [0, 0.05) is 31.5 Å². The number of hydrogen-bond donors (Lipinski definition) is 1. The molecule has 1 saturated carbocycles. The predicted molar refractivity (Wildman–Crippen MR) is 69.4 cm³/mol. The third-order valence-corrected chi connectivity index (χ3v) is 4.68. The van der Waals surface area contributed by atoms with Crippen LogP contribution in [0.15, 0.2) is 0 Å². The Morgan fingerprint density at radius 3 is 2.74 bits per heavy atom. The second-order valence-electron chi connectivity index (χ2n) is 6.03. The van der Waals surface area contributed by atoms with Crippen LogP contribution in [0.3, 0.4) is 0 Å². The van der Waals surface area contributed by atoms with Gasteiger partial charge in [0.2, 0.25) is 11.8 Å². The van der Waals surface area contributed by atoms with E-state index in [1.54, 1.807) is 0 Å². The normalized spacial score (nSPS) is 34.1. The highest BCUT2D eigenvalue weighted by Crippen LogP contribution is 2.35. The molecule has 2 amide bonds. The SMILES string of the molecule is CC(C1CCOC1)N1CCC(=O)NC(C2CC2)C1=O. The fourth-order valence-electron chi connectivity index (χ4n) is 3.16. The summed E-state index contributed by atoms with van der Waals surface area (Å²) in [6.07, 6.45) is 3.56. The summed E-state index contributed by atoms with van der Waals surface area (Å²) >= 11 is 0. The van der Waals surface area contributed by atoms with Gasteiger partial charge in [-0.05, 0) is 32.1 Å². The van der Waals surface area contributed by atoms with Crippen LogP contribution in [0.4, 0.5) is 0 Å². The average Bonchev–Trinajstić information content (AvgIpc) is 3.11. The maximum Gasteiger partial charge on any atom is 0.245 e. The van der Waals surface area contributed by atoms with Crippen LogP contribution in [0.25, 0.3) is 0 Å². The molecule has 1 N–H and O–H groups in total. The lowest BCUT2D eigenvalue weighted by Gasteiger charge is -2.33. The minimum absolute atomic E-state index is 0.0163. The molecule has 5 heteroatoms. The number of ether oxygens (including phenoxy) is 1. The van der Waals surface area contributed by atoms with E-state index in [1.165, 1.54) is 0 Å². The lowest BCUT2D eigenvalue weighted by Crippen LogP contribution is -2.50. The Morgan fingerprint density at radius 1 is 1.32 bits per heavy atom. The molecule has 0 spiro atoms. The van der Waals surface area contributed by atoms with Crippen molar-refractivity contribution in [2.24, 2.45) is 11.8 Å². The highest BCUT2D eigenvalue weighted by atomic mass is 16.5. The quantitative estimate of drug-likeness (QED) is 0.811. The lowest BCUT2D eigenvalue weighted by atomic mass is 9.98. The fraction of sp³-hybridized carbons (Fsp3) is 0.857. The first kappa shape index (κ1) is 12.9. The van der Waals surface area contributed by atoms with Gasteiger partial charge >= 0.3 is 0 Å². The largest absolute Gasteiger partial charge is 0.381 e. The van der Waals surface area contributed by atoms with E-state index in [2.05, 4.69) is 12.2 Å². The first-order valence-corrected chi connectivity index (χ1v) is 7.34. The van der Waals surface area contributed by atoms with E-state index in [0.717, 1.165) is 32.5 Å². The first-order valence-electron chi connectivity index (χ1n) is 7.34. The van der Waals surface area contributed by atoms with Crippen molar-refractivity contribution in [2.45, 2.75) is 44.7 Å². The summed E-state index contributed by atoms with van der Waals surface area (Å²) in [5.74, 6) is 0.913. The van der Waals surface area contributed by atoms with E-state index >= 15 is 0 Å². The van der Waals surface area contributed by atoms with Gasteiger partial charge in [-0.15, -0.1) is 0 Å².